The molecule has 0 amide bonds. The molecule has 0 aliphatic carbocycles. The van der Waals surface area contributed by atoms with Gasteiger partial charge in [-0.1, -0.05) is 0 Å². The predicted molar refractivity (Wildman–Crippen MR) is 72.2 cm³/mol. The fraction of sp³-hybridized carbons (Fsp3) is 0.500. The van der Waals surface area contributed by atoms with Crippen LogP contribution in [0.4, 0.5) is 0 Å². The summed E-state index contributed by atoms with van der Waals surface area (Å²) in [5.41, 5.74) is -0.187. The molecular formula is C14H16O9. The molecule has 9 heteroatoms. The van der Waals surface area contributed by atoms with Crippen LogP contribution >= 0.6 is 0 Å². The Morgan fingerprint density at radius 2 is 1.96 bits per heavy atom. The molecule has 0 aromatic heterocycles. The fourth-order valence-electron chi connectivity index (χ4n) is 2.95. The molecule has 0 spiro atoms. The summed E-state index contributed by atoms with van der Waals surface area (Å²) in [4.78, 5) is 12.1. The highest BCUT2D eigenvalue weighted by Gasteiger charge is 2.52. The third-order valence-electron chi connectivity index (χ3n) is 4.09. The largest absolute Gasteiger partial charge is 0.504 e. The van der Waals surface area contributed by atoms with Gasteiger partial charge in [-0.25, -0.2) is 4.79 Å². The van der Waals surface area contributed by atoms with Gasteiger partial charge in [-0.2, -0.15) is 0 Å². The van der Waals surface area contributed by atoms with Gasteiger partial charge in [-0.3, -0.25) is 0 Å². The van der Waals surface area contributed by atoms with Crippen LogP contribution < -0.4 is 4.74 Å². The first-order chi connectivity index (χ1) is 10.9. The molecule has 1 fully saturated rings. The lowest BCUT2D eigenvalue weighted by molar-refractivity contribution is -0.235. The van der Waals surface area contributed by atoms with Crippen LogP contribution in [0.5, 0.6) is 17.2 Å². The Bertz CT molecular complexity index is 644. The molecule has 1 saturated heterocycles. The first kappa shape index (κ1) is 15.8. The summed E-state index contributed by atoms with van der Waals surface area (Å²) in [5.74, 6) is -2.16. The molecule has 9 nitrogen and oxygen atoms in total. The first-order valence-corrected chi connectivity index (χ1v) is 6.87. The minimum Gasteiger partial charge on any atom is -0.504 e. The Morgan fingerprint density at radius 3 is 2.57 bits per heavy atom. The monoisotopic (exact) mass is 328 g/mol. The molecule has 5 N–H and O–H groups in total. The van der Waals surface area contributed by atoms with Gasteiger partial charge in [0.05, 0.1) is 19.3 Å². The number of fused-ring (bicyclic) bond motifs is 3. The lowest BCUT2D eigenvalue weighted by atomic mass is 9.86. The van der Waals surface area contributed by atoms with E-state index in [1.54, 1.807) is 0 Å². The number of aromatic hydroxyl groups is 2. The molecule has 0 bridgehead atoms. The number of phenolic OH excluding ortho intramolecular Hbond substituents is 2. The zero-order valence-corrected chi connectivity index (χ0v) is 12.0. The third-order valence-corrected chi connectivity index (χ3v) is 4.09. The molecule has 0 saturated carbocycles. The van der Waals surface area contributed by atoms with Crippen molar-refractivity contribution in [2.75, 3.05) is 13.7 Å². The van der Waals surface area contributed by atoms with Crippen molar-refractivity contribution in [2.45, 2.75) is 30.5 Å². The van der Waals surface area contributed by atoms with Gasteiger partial charge in [-0.05, 0) is 6.07 Å². The Kier molecular flexibility index (Phi) is 3.80. The number of phenols is 2. The number of hydrogen-bond donors (Lipinski definition) is 5. The van der Waals surface area contributed by atoms with Crippen molar-refractivity contribution in [2.24, 2.45) is 0 Å². The Labute approximate surface area is 130 Å². The van der Waals surface area contributed by atoms with Crippen molar-refractivity contribution in [3.05, 3.63) is 17.2 Å². The van der Waals surface area contributed by atoms with Crippen LogP contribution in [0.15, 0.2) is 6.07 Å². The van der Waals surface area contributed by atoms with Gasteiger partial charge in [0.1, 0.15) is 24.4 Å². The maximum absolute atomic E-state index is 12.1. The SMILES string of the molecule is COc1c(O)cc2c(c1O)[C@@H]1OC(CO)C(O)C(O)[C@H]1OC2=O. The number of carbonyl (C=O) groups is 1. The van der Waals surface area contributed by atoms with E-state index in [0.717, 1.165) is 6.07 Å². The minimum atomic E-state index is -1.51. The lowest BCUT2D eigenvalue weighted by Gasteiger charge is -2.44. The van der Waals surface area contributed by atoms with Crippen LogP contribution in [0.3, 0.4) is 0 Å². The van der Waals surface area contributed by atoms with Crippen molar-refractivity contribution in [3.63, 3.8) is 0 Å². The summed E-state index contributed by atoms with van der Waals surface area (Å²) in [7, 11) is 1.22. The smallest absolute Gasteiger partial charge is 0.339 e. The normalized spacial score (nSPS) is 32.7. The molecule has 0 radical (unpaired) electrons. The number of aliphatic hydroxyl groups excluding tert-OH is 3. The van der Waals surface area contributed by atoms with Crippen LogP contribution in [0.1, 0.15) is 22.0 Å². The number of benzene rings is 1. The number of carbonyl (C=O) groups excluding carboxylic acids is 1. The fourth-order valence-corrected chi connectivity index (χ4v) is 2.95. The van der Waals surface area contributed by atoms with Gasteiger partial charge in [0.2, 0.25) is 5.75 Å². The van der Waals surface area contributed by atoms with E-state index >= 15 is 0 Å². The number of methoxy groups -OCH3 is 1. The van der Waals surface area contributed by atoms with Gasteiger partial charge in [0.15, 0.2) is 17.6 Å². The number of esters is 1. The van der Waals surface area contributed by atoms with E-state index < -0.39 is 54.6 Å². The highest BCUT2D eigenvalue weighted by molar-refractivity contribution is 5.95. The summed E-state index contributed by atoms with van der Waals surface area (Å²) in [6.45, 7) is -0.583. The number of rotatable bonds is 2. The molecule has 5 atom stereocenters. The van der Waals surface area contributed by atoms with E-state index in [1.807, 2.05) is 0 Å². The van der Waals surface area contributed by atoms with E-state index in [0.29, 0.717) is 0 Å². The lowest BCUT2D eigenvalue weighted by Crippen LogP contribution is -2.58. The van der Waals surface area contributed by atoms with E-state index in [4.69, 9.17) is 14.2 Å². The number of aliphatic hydroxyl groups is 3. The van der Waals surface area contributed by atoms with Gasteiger partial charge in [0.25, 0.3) is 0 Å². The van der Waals surface area contributed by atoms with Crippen LogP contribution in [-0.2, 0) is 9.47 Å². The summed E-state index contributed by atoms with van der Waals surface area (Å²) in [5, 5.41) is 49.3. The number of ether oxygens (including phenoxy) is 3. The second-order valence-electron chi connectivity index (χ2n) is 5.37. The van der Waals surface area contributed by atoms with E-state index in [2.05, 4.69) is 0 Å². The second-order valence-corrected chi connectivity index (χ2v) is 5.37. The summed E-state index contributed by atoms with van der Waals surface area (Å²) in [6.07, 6.45) is -6.50. The molecule has 2 heterocycles. The van der Waals surface area contributed by atoms with Gasteiger partial charge >= 0.3 is 5.97 Å². The van der Waals surface area contributed by atoms with Crippen molar-refractivity contribution >= 4 is 5.97 Å². The Hall–Kier alpha value is -2.07. The summed E-state index contributed by atoms with van der Waals surface area (Å²) < 4.78 is 15.4. The van der Waals surface area contributed by atoms with Gasteiger partial charge in [0, 0.05) is 5.56 Å². The highest BCUT2D eigenvalue weighted by atomic mass is 16.6. The van der Waals surface area contributed by atoms with E-state index in [1.165, 1.54) is 7.11 Å². The first-order valence-electron chi connectivity index (χ1n) is 6.87. The molecule has 1 aromatic rings. The molecule has 3 rings (SSSR count). The Morgan fingerprint density at radius 1 is 1.26 bits per heavy atom. The molecule has 2 aliphatic rings. The van der Waals surface area contributed by atoms with Crippen molar-refractivity contribution < 1.29 is 44.5 Å². The van der Waals surface area contributed by atoms with Crippen LogP contribution in [0.25, 0.3) is 0 Å². The molecule has 2 aliphatic heterocycles. The quantitative estimate of drug-likeness (QED) is 0.422. The highest BCUT2D eigenvalue weighted by Crippen LogP contribution is 2.49. The average Bonchev–Trinajstić information content (AvgIpc) is 2.52. The van der Waals surface area contributed by atoms with Crippen molar-refractivity contribution in [1.29, 1.82) is 0 Å². The van der Waals surface area contributed by atoms with Crippen molar-refractivity contribution in [3.8, 4) is 17.2 Å². The second kappa shape index (κ2) is 5.53. The van der Waals surface area contributed by atoms with E-state index in [-0.39, 0.29) is 16.9 Å². The Balaban J connectivity index is 2.16. The molecular weight excluding hydrogens is 312 g/mol. The van der Waals surface area contributed by atoms with Gasteiger partial charge in [-0.15, -0.1) is 0 Å². The molecule has 23 heavy (non-hydrogen) atoms. The van der Waals surface area contributed by atoms with Crippen LogP contribution in [0, 0.1) is 0 Å². The molecule has 3 unspecified atom stereocenters. The maximum Gasteiger partial charge on any atom is 0.339 e. The van der Waals surface area contributed by atoms with Crippen LogP contribution in [0.2, 0.25) is 0 Å². The van der Waals surface area contributed by atoms with Crippen LogP contribution in [-0.4, -0.2) is 69.6 Å². The predicted octanol–water partition coefficient (Wildman–Crippen LogP) is -1.20. The summed E-state index contributed by atoms with van der Waals surface area (Å²) in [6, 6.07) is 1.06. The standard InChI is InChI=1S/C14H16O9/c1-21-11-5(16)2-4-7(9(11)18)12-13(23-14(4)20)10(19)8(17)6(3-15)22-12/h2,6,8,10,12-13,15-19H,3H2,1H3/t6?,8?,10?,12-,13+/m0/s1. The zero-order valence-electron chi connectivity index (χ0n) is 12.0. The third kappa shape index (κ3) is 2.20. The van der Waals surface area contributed by atoms with Gasteiger partial charge < -0.3 is 39.7 Å². The molecule has 1 aromatic carbocycles. The number of hydrogen-bond acceptors (Lipinski definition) is 9. The van der Waals surface area contributed by atoms with E-state index in [9.17, 15) is 30.3 Å². The average molecular weight is 328 g/mol. The maximum atomic E-state index is 12.1. The van der Waals surface area contributed by atoms with Crippen molar-refractivity contribution in [1.82, 2.24) is 0 Å². The molecule has 126 valence electrons. The zero-order chi connectivity index (χ0) is 16.9. The topological polar surface area (TPSA) is 146 Å². The summed E-state index contributed by atoms with van der Waals surface area (Å²) >= 11 is 0. The minimum absolute atomic E-state index is 0.0368.